The van der Waals surface area contributed by atoms with Crippen LogP contribution >= 0.6 is 0 Å². The average Bonchev–Trinajstić information content (AvgIpc) is 3.14. The van der Waals surface area contributed by atoms with Gasteiger partial charge in [-0.05, 0) is 22.3 Å². The van der Waals surface area contributed by atoms with E-state index in [1.165, 1.54) is 0 Å². The van der Waals surface area contributed by atoms with E-state index < -0.39 is 120 Å². The molecule has 0 aliphatic rings. The Morgan fingerprint density at radius 3 is 0.576 bits per heavy atom. The predicted molar refractivity (Wildman–Crippen MR) is 143 cm³/mol. The second-order valence-corrected chi connectivity index (χ2v) is 12.9. The molecule has 2 aromatic carbocycles. The summed E-state index contributed by atoms with van der Waals surface area (Å²) in [4.78, 5) is 0. The van der Waals surface area contributed by atoms with E-state index in [0.29, 0.717) is 48.5 Å². The summed E-state index contributed by atoms with van der Waals surface area (Å²) in [7, 11) is 0. The quantitative estimate of drug-likeness (QED) is 0.131. The maximum Gasteiger partial charge on any atom is 0.460 e. The summed E-state index contributed by atoms with van der Waals surface area (Å²) >= 11 is 0. The molecule has 0 N–H and O–H groups in total. The lowest BCUT2D eigenvalue weighted by molar-refractivity contribution is -0.478. The highest BCUT2D eigenvalue weighted by Gasteiger charge is 2.97. The molecule has 0 fully saturated rings. The van der Waals surface area contributed by atoms with Crippen molar-refractivity contribution in [2.24, 2.45) is 0 Å². The molecule has 0 saturated carbocycles. The van der Waals surface area contributed by atoms with Crippen LogP contribution in [0.5, 0.6) is 0 Å². The number of rotatable bonds is 19. The largest absolute Gasteiger partial charge is 0.460 e. The van der Waals surface area contributed by atoms with Crippen molar-refractivity contribution in [1.82, 2.24) is 0 Å². The Hall–Kier alpha value is -4.02. The van der Waals surface area contributed by atoms with Crippen molar-refractivity contribution < 1.29 is 159 Å². The van der Waals surface area contributed by atoms with Gasteiger partial charge in [-0.15, -0.1) is 0 Å². The fourth-order valence-corrected chi connectivity index (χ4v) is 4.41. The normalized spacial score (nSPS) is 16.0. The van der Waals surface area contributed by atoms with Crippen LogP contribution in [0.2, 0.25) is 0 Å². The molecule has 0 unspecified atom stereocenters. The third-order valence-electron chi connectivity index (χ3n) is 8.47. The lowest BCUT2D eigenvalue weighted by Crippen LogP contribution is -2.74. The predicted octanol–water partition coefficient (Wildman–Crippen LogP) is 14.3. The first-order valence-electron chi connectivity index (χ1n) is 15.5. The molecule has 2 aromatic rings. The van der Waals surface area contributed by atoms with E-state index in [4.69, 9.17) is 0 Å². The Labute approximate surface area is 339 Å². The van der Waals surface area contributed by atoms with E-state index in [-0.39, 0.29) is 11.1 Å². The van der Waals surface area contributed by atoms with Crippen molar-refractivity contribution in [2.75, 3.05) is 0 Å². The van der Waals surface area contributed by atoms with Crippen molar-refractivity contribution in [1.29, 1.82) is 0 Å². The number of hydrogen-bond donors (Lipinski definition) is 0. The van der Waals surface area contributed by atoms with Crippen molar-refractivity contribution in [3.05, 3.63) is 59.7 Å². The van der Waals surface area contributed by atoms with Gasteiger partial charge >= 0.3 is 95.6 Å². The molecule has 0 aromatic heterocycles. The van der Waals surface area contributed by atoms with Gasteiger partial charge < -0.3 is 9.47 Å². The van der Waals surface area contributed by atoms with E-state index in [1.54, 1.807) is 0 Å². The summed E-state index contributed by atoms with van der Waals surface area (Å²) < 4.78 is 462. The summed E-state index contributed by atoms with van der Waals surface area (Å²) in [6.45, 7) is -4.47. The molecule has 0 aliphatic carbocycles. The van der Waals surface area contributed by atoms with Gasteiger partial charge in [-0.3, -0.25) is 0 Å². The summed E-state index contributed by atoms with van der Waals surface area (Å²) in [6, 6.07) is 4.04. The molecule has 0 bridgehead atoms. The zero-order valence-electron chi connectivity index (χ0n) is 29.7. The molecule has 0 atom stereocenters. The highest BCUT2D eigenvalue weighted by Crippen LogP contribution is 2.66. The zero-order valence-corrected chi connectivity index (χ0v) is 29.7. The summed E-state index contributed by atoms with van der Waals surface area (Å²) in [6.07, 6.45) is -30.5. The molecule has 0 amide bonds. The monoisotopic (exact) mass is 1050 g/mol. The number of halogens is 34. The minimum atomic E-state index is -8.91. The highest BCUT2D eigenvalue weighted by molar-refractivity contribution is 5.64. The molecule has 382 valence electrons. The summed E-state index contributed by atoms with van der Waals surface area (Å²) in [5, 5.41) is 0. The Morgan fingerprint density at radius 2 is 0.394 bits per heavy atom. The van der Waals surface area contributed by atoms with E-state index >= 15 is 0 Å². The lowest BCUT2D eigenvalue weighted by Gasteiger charge is -2.42. The molecule has 0 saturated heterocycles. The van der Waals surface area contributed by atoms with Crippen LogP contribution in [-0.4, -0.2) is 95.6 Å². The van der Waals surface area contributed by atoms with Crippen LogP contribution < -0.4 is 0 Å². The zero-order chi connectivity index (χ0) is 52.8. The fourth-order valence-electron chi connectivity index (χ4n) is 4.41. The third kappa shape index (κ3) is 8.36. The molecule has 2 rings (SSSR count). The van der Waals surface area contributed by atoms with E-state index in [2.05, 4.69) is 9.47 Å². The Morgan fingerprint density at radius 1 is 0.227 bits per heavy atom. The van der Waals surface area contributed by atoms with E-state index in [9.17, 15) is 149 Å². The molecule has 36 heteroatoms. The highest BCUT2D eigenvalue weighted by atomic mass is 19.4. The molecule has 0 heterocycles. The third-order valence-corrected chi connectivity index (χ3v) is 8.47. The van der Waals surface area contributed by atoms with Gasteiger partial charge in [-0.25, -0.2) is 0 Å². The molecule has 2 nitrogen and oxygen atoms in total. The van der Waals surface area contributed by atoms with Gasteiger partial charge in [0.2, 0.25) is 0 Å². The van der Waals surface area contributed by atoms with Gasteiger partial charge in [0, 0.05) is 0 Å². The average molecular weight is 1050 g/mol. The van der Waals surface area contributed by atoms with Crippen molar-refractivity contribution in [2.45, 2.75) is 109 Å². The number of ether oxygens (including phenoxy) is 2. The first kappa shape index (κ1) is 58.1. The summed E-state index contributed by atoms with van der Waals surface area (Å²) in [5.74, 6) is -104. The number of benzene rings is 2. The standard InChI is InChI=1S/C30H12F34O2/c31-15(32,19(39,40)23(47,48)27(55,56)57)17(35,36)21(43,44)25(51,52)29(61,62)65-9-11-1-5-13(6-2-11)14-7-3-12(4-8-14)10-66-30(63,64)26(53,54)22(45,46)18(37,38)16(33,34)20(41,42)24(49,50)28(58,59)60/h1-8H,9-10H2. The number of hydrogen-bond acceptors (Lipinski definition) is 2. The van der Waals surface area contributed by atoms with Crippen molar-refractivity contribution in [3.63, 3.8) is 0 Å². The van der Waals surface area contributed by atoms with Crippen LogP contribution in [0.1, 0.15) is 11.1 Å². The second kappa shape index (κ2) is 16.3. The molecule has 0 spiro atoms. The van der Waals surface area contributed by atoms with Crippen molar-refractivity contribution >= 4 is 0 Å². The fraction of sp³-hybridized carbons (Fsp3) is 0.600. The SMILES string of the molecule is FC(F)(F)C(F)(F)C(F)(F)C(F)(F)C(F)(F)C(F)(F)C(F)(F)C(F)(F)OCc1ccc(-c2ccc(COC(F)(F)C(F)(F)C(F)(F)C(F)(F)C(F)(F)C(F)(F)C(F)(F)C(F)(F)F)cc2)cc1. The van der Waals surface area contributed by atoms with E-state index in [1.807, 2.05) is 0 Å². The Bertz CT molecular complexity index is 1850. The molecular weight excluding hydrogens is 1040 g/mol. The first-order valence-corrected chi connectivity index (χ1v) is 15.5. The van der Waals surface area contributed by atoms with Crippen LogP contribution in [0, 0.1) is 0 Å². The topological polar surface area (TPSA) is 18.5 Å². The van der Waals surface area contributed by atoms with Crippen LogP contribution in [-0.2, 0) is 22.7 Å². The van der Waals surface area contributed by atoms with Gasteiger partial charge in [-0.1, -0.05) is 48.5 Å². The van der Waals surface area contributed by atoms with Crippen LogP contribution in [0.25, 0.3) is 11.1 Å². The van der Waals surface area contributed by atoms with Crippen molar-refractivity contribution in [3.8, 4) is 11.1 Å². The molecule has 66 heavy (non-hydrogen) atoms. The van der Waals surface area contributed by atoms with Crippen LogP contribution in [0.15, 0.2) is 48.5 Å². The first-order chi connectivity index (χ1) is 28.6. The second-order valence-electron chi connectivity index (χ2n) is 12.9. The number of alkyl halides is 34. The van der Waals surface area contributed by atoms with Gasteiger partial charge in [-0.2, -0.15) is 149 Å². The maximum absolute atomic E-state index is 14.0. The molecular formula is C30H12F34O2. The van der Waals surface area contributed by atoms with Gasteiger partial charge in [0.15, 0.2) is 0 Å². The molecule has 0 radical (unpaired) electrons. The molecule has 0 aliphatic heterocycles. The van der Waals surface area contributed by atoms with Gasteiger partial charge in [0.05, 0.1) is 13.2 Å². The Balaban J connectivity index is 2.29. The Kier molecular flexibility index (Phi) is 14.4. The minimum absolute atomic E-state index is 0.346. The van der Waals surface area contributed by atoms with Gasteiger partial charge in [0.25, 0.3) is 0 Å². The minimum Gasteiger partial charge on any atom is -0.311 e. The maximum atomic E-state index is 14.0. The lowest BCUT2D eigenvalue weighted by atomic mass is 9.90. The van der Waals surface area contributed by atoms with Gasteiger partial charge in [0.1, 0.15) is 0 Å². The van der Waals surface area contributed by atoms with Crippen LogP contribution in [0.3, 0.4) is 0 Å². The summed E-state index contributed by atoms with van der Waals surface area (Å²) in [5.41, 5.74) is -2.67. The smallest absolute Gasteiger partial charge is 0.311 e. The van der Waals surface area contributed by atoms with Crippen LogP contribution in [0.4, 0.5) is 149 Å². The van der Waals surface area contributed by atoms with E-state index in [0.717, 1.165) is 0 Å².